The zero-order valence-corrected chi connectivity index (χ0v) is 32.6. The summed E-state index contributed by atoms with van der Waals surface area (Å²) in [7, 11) is 0. The number of unbranched alkanes of at least 4 members (excludes halogenated alkanes) is 19. The van der Waals surface area contributed by atoms with Crippen LogP contribution in [-0.2, 0) is 19.1 Å². The number of hydrogen-bond donors (Lipinski definition) is 0. The number of ether oxygens (including phenoxy) is 2. The van der Waals surface area contributed by atoms with Crippen LogP contribution < -0.4 is 0 Å². The standard InChI is InChI=1S/C42H82N2O4/c1-4-7-10-13-16-17-20-26-38-47-41(45)31-27-33-44-36-34-43(35-37-44)32-25-21-24-30-42(46)48-39-40(28-22-18-14-11-8-5-2)29-23-19-15-12-9-6-3/h40H,4-39H2,1-3H3. The first-order chi connectivity index (χ1) is 23.6. The maximum atomic E-state index is 12.5. The second kappa shape index (κ2) is 34.3. The van der Waals surface area contributed by atoms with E-state index < -0.39 is 0 Å². The van der Waals surface area contributed by atoms with Crippen molar-refractivity contribution in [3.63, 3.8) is 0 Å². The molecule has 0 spiro atoms. The fourth-order valence-electron chi connectivity index (χ4n) is 6.98. The van der Waals surface area contributed by atoms with Crippen molar-refractivity contribution in [2.24, 2.45) is 5.92 Å². The molecule has 0 atom stereocenters. The van der Waals surface area contributed by atoms with E-state index in [1.54, 1.807) is 0 Å². The molecule has 0 aromatic carbocycles. The predicted octanol–water partition coefficient (Wildman–Crippen LogP) is 11.3. The number of hydrogen-bond acceptors (Lipinski definition) is 6. The summed E-state index contributed by atoms with van der Waals surface area (Å²) in [5.74, 6) is 0.529. The van der Waals surface area contributed by atoms with E-state index in [-0.39, 0.29) is 11.9 Å². The Kier molecular flexibility index (Phi) is 32.1. The van der Waals surface area contributed by atoms with E-state index in [0.29, 0.717) is 32.0 Å². The Hall–Kier alpha value is -1.14. The maximum Gasteiger partial charge on any atom is 0.305 e. The third kappa shape index (κ3) is 28.7. The van der Waals surface area contributed by atoms with Gasteiger partial charge in [-0.1, -0.05) is 149 Å². The zero-order chi connectivity index (χ0) is 34.8. The summed E-state index contributed by atoms with van der Waals surface area (Å²) in [6.45, 7) is 14.5. The van der Waals surface area contributed by atoms with Crippen LogP contribution in [0.5, 0.6) is 0 Å². The molecule has 48 heavy (non-hydrogen) atoms. The van der Waals surface area contributed by atoms with Crippen molar-refractivity contribution < 1.29 is 19.1 Å². The molecule has 1 aliphatic heterocycles. The second-order valence-corrected chi connectivity index (χ2v) is 15.0. The van der Waals surface area contributed by atoms with Crippen LogP contribution >= 0.6 is 0 Å². The number of piperazine rings is 1. The van der Waals surface area contributed by atoms with E-state index in [0.717, 1.165) is 71.4 Å². The summed E-state index contributed by atoms with van der Waals surface area (Å²) in [4.78, 5) is 29.7. The van der Waals surface area contributed by atoms with Gasteiger partial charge in [-0.15, -0.1) is 0 Å². The lowest BCUT2D eigenvalue weighted by atomic mass is 9.94. The van der Waals surface area contributed by atoms with Gasteiger partial charge in [-0.05, 0) is 57.5 Å². The lowest BCUT2D eigenvalue weighted by Gasteiger charge is -2.34. The number of nitrogens with zero attached hydrogens (tertiary/aromatic N) is 2. The molecule has 0 radical (unpaired) electrons. The molecule has 6 heteroatoms. The second-order valence-electron chi connectivity index (χ2n) is 15.0. The van der Waals surface area contributed by atoms with E-state index in [1.165, 1.54) is 135 Å². The molecule has 0 saturated carbocycles. The summed E-state index contributed by atoms with van der Waals surface area (Å²) in [6, 6.07) is 0. The summed E-state index contributed by atoms with van der Waals surface area (Å²) in [5, 5.41) is 0. The number of rotatable bonds is 35. The fourth-order valence-corrected chi connectivity index (χ4v) is 6.98. The Labute approximate surface area is 299 Å². The van der Waals surface area contributed by atoms with Gasteiger partial charge in [-0.2, -0.15) is 0 Å². The highest BCUT2D eigenvalue weighted by Gasteiger charge is 2.17. The van der Waals surface area contributed by atoms with Crippen LogP contribution in [-0.4, -0.2) is 74.2 Å². The van der Waals surface area contributed by atoms with Crippen LogP contribution in [0.15, 0.2) is 0 Å². The minimum absolute atomic E-state index is 0.0107. The van der Waals surface area contributed by atoms with Gasteiger partial charge >= 0.3 is 11.9 Å². The lowest BCUT2D eigenvalue weighted by Crippen LogP contribution is -2.46. The topological polar surface area (TPSA) is 59.1 Å². The molecular weight excluding hydrogens is 596 g/mol. The third-order valence-corrected chi connectivity index (χ3v) is 10.3. The molecular formula is C42H82N2O4. The molecule has 0 bridgehead atoms. The molecule has 1 heterocycles. The molecule has 0 N–H and O–H groups in total. The van der Waals surface area contributed by atoms with Crippen LogP contribution in [0.3, 0.4) is 0 Å². The van der Waals surface area contributed by atoms with Gasteiger partial charge in [0, 0.05) is 39.0 Å². The first-order valence-corrected chi connectivity index (χ1v) is 21.3. The first kappa shape index (κ1) is 44.9. The van der Waals surface area contributed by atoms with E-state index in [1.807, 2.05) is 0 Å². The van der Waals surface area contributed by atoms with Gasteiger partial charge in [0.25, 0.3) is 0 Å². The Balaban J connectivity index is 2.05. The highest BCUT2D eigenvalue weighted by Crippen LogP contribution is 2.20. The smallest absolute Gasteiger partial charge is 0.305 e. The SMILES string of the molecule is CCCCCCCCCCOC(=O)CCCN1CCN(CCCCCC(=O)OCC(CCCCCCCC)CCCCCCCC)CC1. The molecule has 0 unspecified atom stereocenters. The van der Waals surface area contributed by atoms with Crippen LogP contribution in [0.25, 0.3) is 0 Å². The maximum absolute atomic E-state index is 12.5. The van der Waals surface area contributed by atoms with E-state index in [2.05, 4.69) is 30.6 Å². The minimum atomic E-state index is -0.0263. The highest BCUT2D eigenvalue weighted by molar-refractivity contribution is 5.69. The normalized spacial score (nSPS) is 14.2. The Morgan fingerprint density at radius 1 is 0.458 bits per heavy atom. The van der Waals surface area contributed by atoms with Gasteiger partial charge in [0.2, 0.25) is 0 Å². The lowest BCUT2D eigenvalue weighted by molar-refractivity contribution is -0.145. The molecule has 284 valence electrons. The largest absolute Gasteiger partial charge is 0.466 e. The molecule has 1 aliphatic rings. The summed E-state index contributed by atoms with van der Waals surface area (Å²) in [6.07, 6.45) is 33.7. The third-order valence-electron chi connectivity index (χ3n) is 10.3. The van der Waals surface area contributed by atoms with Crippen molar-refractivity contribution in [1.29, 1.82) is 0 Å². The van der Waals surface area contributed by atoms with E-state index in [4.69, 9.17) is 9.47 Å². The fraction of sp³-hybridized carbons (Fsp3) is 0.952. The van der Waals surface area contributed by atoms with Gasteiger partial charge in [0.15, 0.2) is 0 Å². The predicted molar refractivity (Wildman–Crippen MR) is 205 cm³/mol. The van der Waals surface area contributed by atoms with Crippen molar-refractivity contribution >= 4 is 11.9 Å². The quantitative estimate of drug-likeness (QED) is 0.0491. The van der Waals surface area contributed by atoms with Gasteiger partial charge in [-0.3, -0.25) is 9.59 Å². The summed E-state index contributed by atoms with van der Waals surface area (Å²) in [5.41, 5.74) is 0. The molecule has 0 aromatic rings. The Bertz CT molecular complexity index is 694. The van der Waals surface area contributed by atoms with Gasteiger partial charge in [0.1, 0.15) is 0 Å². The first-order valence-electron chi connectivity index (χ1n) is 21.3. The van der Waals surface area contributed by atoms with Gasteiger partial charge < -0.3 is 19.3 Å². The number of carbonyl (C=O) groups is 2. The van der Waals surface area contributed by atoms with Crippen molar-refractivity contribution in [2.45, 2.75) is 201 Å². The summed E-state index contributed by atoms with van der Waals surface area (Å²) >= 11 is 0. The molecule has 1 rings (SSSR count). The average Bonchev–Trinajstić information content (AvgIpc) is 3.09. The van der Waals surface area contributed by atoms with Crippen molar-refractivity contribution in [2.75, 3.05) is 52.5 Å². The Morgan fingerprint density at radius 3 is 1.38 bits per heavy atom. The van der Waals surface area contributed by atoms with Gasteiger partial charge in [0.05, 0.1) is 13.2 Å². The molecule has 1 fully saturated rings. The van der Waals surface area contributed by atoms with E-state index in [9.17, 15) is 9.59 Å². The van der Waals surface area contributed by atoms with Crippen LogP contribution in [0.4, 0.5) is 0 Å². The van der Waals surface area contributed by atoms with Crippen molar-refractivity contribution in [3.05, 3.63) is 0 Å². The highest BCUT2D eigenvalue weighted by atomic mass is 16.5. The monoisotopic (exact) mass is 679 g/mol. The minimum Gasteiger partial charge on any atom is -0.466 e. The molecule has 0 aliphatic carbocycles. The molecule has 0 aromatic heterocycles. The molecule has 1 saturated heterocycles. The molecule has 6 nitrogen and oxygen atoms in total. The van der Waals surface area contributed by atoms with Crippen molar-refractivity contribution in [3.8, 4) is 0 Å². The zero-order valence-electron chi connectivity index (χ0n) is 32.6. The van der Waals surface area contributed by atoms with E-state index >= 15 is 0 Å². The average molecular weight is 679 g/mol. The number of carbonyl (C=O) groups excluding carboxylic acids is 2. The van der Waals surface area contributed by atoms with Crippen LogP contribution in [0, 0.1) is 5.92 Å². The summed E-state index contributed by atoms with van der Waals surface area (Å²) < 4.78 is 11.3. The van der Waals surface area contributed by atoms with Crippen molar-refractivity contribution in [1.82, 2.24) is 9.80 Å². The Morgan fingerprint density at radius 2 is 0.854 bits per heavy atom. The molecule has 0 amide bonds. The van der Waals surface area contributed by atoms with Crippen LogP contribution in [0.2, 0.25) is 0 Å². The number of esters is 2. The van der Waals surface area contributed by atoms with Crippen LogP contribution in [0.1, 0.15) is 201 Å². The van der Waals surface area contributed by atoms with Gasteiger partial charge in [-0.25, -0.2) is 0 Å².